The Morgan fingerprint density at radius 2 is 0.833 bits per heavy atom. The first-order chi connectivity index (χ1) is 21.3. The number of hydrogen-bond acceptors (Lipinski definition) is 0. The monoisotopic (exact) mass is 734 g/mol. The number of aryl methyl sites for hydroxylation is 4. The molecule has 274 valence electrons. The molecule has 48 heavy (non-hydrogen) atoms. The zero-order valence-electron chi connectivity index (χ0n) is 32.2. The van der Waals surface area contributed by atoms with Crippen LogP contribution >= 0.6 is 15.8 Å². The van der Waals surface area contributed by atoms with Gasteiger partial charge in [0.05, 0.1) is 0 Å². The van der Waals surface area contributed by atoms with Crippen LogP contribution in [0.25, 0.3) is 0 Å². The van der Waals surface area contributed by atoms with Crippen LogP contribution in [0.4, 0.5) is 0 Å². The van der Waals surface area contributed by atoms with Crippen LogP contribution in [0.15, 0.2) is 24.3 Å². The Morgan fingerprint density at radius 1 is 0.500 bits per heavy atom. The summed E-state index contributed by atoms with van der Waals surface area (Å²) in [5.41, 5.74) is 12.8. The minimum atomic E-state index is -0.363. The van der Waals surface area contributed by atoms with Gasteiger partial charge < -0.3 is 14.9 Å². The van der Waals surface area contributed by atoms with E-state index in [4.69, 9.17) is 0 Å². The maximum Gasteiger partial charge on any atom is 2.00 e. The SMILES string of the molecule is C.C1CCCC1.Cc1cc(P(c2cc(C)c(C)c(C)c2)C2CCCC2[C@@H](C)P(C2CCCCC2)C2CCCCC2)cc(C)c1C.[CH3-].[CH3-].[Fe+2]. The molecule has 4 fully saturated rings. The van der Waals surface area contributed by atoms with Gasteiger partial charge in [0.25, 0.3) is 0 Å². The average molecular weight is 735 g/mol. The second-order valence-corrected chi connectivity index (χ2v) is 21.1. The molecule has 0 aliphatic heterocycles. The smallest absolute Gasteiger partial charge is 0.358 e. The molecular weight excluding hydrogens is 658 g/mol. The Morgan fingerprint density at radius 3 is 1.19 bits per heavy atom. The van der Waals surface area contributed by atoms with Crippen molar-refractivity contribution in [3.8, 4) is 0 Å². The van der Waals surface area contributed by atoms with Gasteiger partial charge >= 0.3 is 17.1 Å². The van der Waals surface area contributed by atoms with Gasteiger partial charge in [-0.25, -0.2) is 0 Å². The molecule has 0 heterocycles. The van der Waals surface area contributed by atoms with E-state index in [-0.39, 0.29) is 55.2 Å². The van der Waals surface area contributed by atoms with Crippen molar-refractivity contribution in [3.05, 3.63) is 72.5 Å². The summed E-state index contributed by atoms with van der Waals surface area (Å²) in [4.78, 5) is 0. The molecule has 0 amide bonds. The van der Waals surface area contributed by atoms with Crippen LogP contribution in [0, 0.1) is 62.3 Å². The van der Waals surface area contributed by atoms with E-state index >= 15 is 0 Å². The van der Waals surface area contributed by atoms with Crippen LogP contribution in [-0.4, -0.2) is 22.6 Å². The summed E-state index contributed by atoms with van der Waals surface area (Å²) in [5, 5.41) is 3.33. The molecule has 0 saturated heterocycles. The van der Waals surface area contributed by atoms with Gasteiger partial charge in [0, 0.05) is 0 Å². The number of benzene rings is 2. The summed E-state index contributed by atoms with van der Waals surface area (Å²) in [6.45, 7) is 16.8. The number of hydrogen-bond donors (Lipinski definition) is 0. The van der Waals surface area contributed by atoms with Crippen LogP contribution in [0.2, 0.25) is 0 Å². The van der Waals surface area contributed by atoms with Gasteiger partial charge in [-0.3, -0.25) is 0 Å². The topological polar surface area (TPSA) is 0 Å². The Labute approximate surface area is 314 Å². The minimum absolute atomic E-state index is 0. The van der Waals surface area contributed by atoms with Crippen molar-refractivity contribution in [1.29, 1.82) is 0 Å². The van der Waals surface area contributed by atoms with Crippen LogP contribution in [0.3, 0.4) is 0 Å². The summed E-state index contributed by atoms with van der Waals surface area (Å²) in [7, 11) is -0.246. The van der Waals surface area contributed by atoms with Crippen molar-refractivity contribution in [2.45, 2.75) is 194 Å². The predicted molar refractivity (Wildman–Crippen MR) is 221 cm³/mol. The third-order valence-corrected chi connectivity index (χ3v) is 19.6. The maximum atomic E-state index is 2.78. The molecule has 2 unspecified atom stereocenters. The minimum Gasteiger partial charge on any atom is -0.358 e. The second-order valence-electron chi connectivity index (χ2n) is 15.5. The van der Waals surface area contributed by atoms with E-state index in [9.17, 15) is 0 Å². The predicted octanol–water partition coefficient (Wildman–Crippen LogP) is 14.2. The van der Waals surface area contributed by atoms with Gasteiger partial charge in [-0.1, -0.05) is 124 Å². The van der Waals surface area contributed by atoms with Gasteiger partial charge in [-0.2, -0.15) is 0 Å². The fourth-order valence-electron chi connectivity index (χ4n) is 9.51. The normalized spacial score (nSPS) is 22.1. The van der Waals surface area contributed by atoms with E-state index in [1.54, 1.807) is 36.3 Å². The standard InChI is InChI=1S/C37H56P2.C5H10.CH4.2CH3.Fe/c1-25-21-34(22-26(2)29(25)5)39(35-23-27(3)30(6)28(4)24-35)37-20-14-19-36(37)31(7)38(32-15-10-8-11-16-32)33-17-12-9-13-18-33;1-2-4-5-3-1;;;;/h21-24,31-33,36-37H,8-20H2,1-7H3;1-5H2;1H4;2*1H3;/q;;;2*-1;+2/t31-,36?,37?;;;;;/m1...../s1. The third-order valence-electron chi connectivity index (χ3n) is 12.6. The molecule has 4 aliphatic rings. The molecular formula is C45H76FeP2. The van der Waals surface area contributed by atoms with E-state index in [1.165, 1.54) is 123 Å². The van der Waals surface area contributed by atoms with Crippen molar-refractivity contribution >= 4 is 26.5 Å². The summed E-state index contributed by atoms with van der Waals surface area (Å²) >= 11 is 0. The van der Waals surface area contributed by atoms with Crippen LogP contribution in [0.5, 0.6) is 0 Å². The fraction of sp³-hybridized carbons (Fsp3) is 0.689. The largest absolute Gasteiger partial charge is 2.00 e. The van der Waals surface area contributed by atoms with Crippen molar-refractivity contribution in [2.75, 3.05) is 0 Å². The van der Waals surface area contributed by atoms with Crippen LogP contribution in [-0.2, 0) is 17.1 Å². The molecule has 0 N–H and O–H groups in total. The Hall–Kier alpha value is -0.181. The quantitative estimate of drug-likeness (QED) is 0.151. The summed E-state index contributed by atoms with van der Waals surface area (Å²) in [5.74, 6) is 0.912. The molecule has 0 nitrogen and oxygen atoms in total. The zero-order chi connectivity index (χ0) is 31.2. The average Bonchev–Trinajstić information content (AvgIpc) is 3.76. The summed E-state index contributed by atoms with van der Waals surface area (Å²) in [6, 6.07) is 10.4. The Bertz CT molecular complexity index is 1070. The molecule has 2 aromatic rings. The first-order valence-electron chi connectivity index (χ1n) is 19.0. The van der Waals surface area contributed by atoms with E-state index in [1.807, 2.05) is 0 Å². The molecule has 0 aromatic heterocycles. The molecule has 4 saturated carbocycles. The van der Waals surface area contributed by atoms with E-state index in [0.717, 1.165) is 28.6 Å². The molecule has 3 heteroatoms. The van der Waals surface area contributed by atoms with Gasteiger partial charge in [0.15, 0.2) is 0 Å². The van der Waals surface area contributed by atoms with E-state index < -0.39 is 0 Å². The molecule has 6 rings (SSSR count). The summed E-state index contributed by atoms with van der Waals surface area (Å²) in [6.07, 6.45) is 27.1. The van der Waals surface area contributed by atoms with E-state index in [2.05, 4.69) is 72.7 Å². The Balaban J connectivity index is 0.00000117. The first-order valence-corrected chi connectivity index (χ1v) is 21.9. The maximum absolute atomic E-state index is 2.78. The molecule has 3 atom stereocenters. The van der Waals surface area contributed by atoms with Gasteiger partial charge in [-0.05, 0) is 161 Å². The molecule has 0 spiro atoms. The van der Waals surface area contributed by atoms with Crippen molar-refractivity contribution < 1.29 is 17.1 Å². The van der Waals surface area contributed by atoms with Crippen molar-refractivity contribution in [3.63, 3.8) is 0 Å². The zero-order valence-corrected chi connectivity index (χ0v) is 35.1. The summed E-state index contributed by atoms with van der Waals surface area (Å²) < 4.78 is 0. The van der Waals surface area contributed by atoms with Gasteiger partial charge in [-0.15, -0.1) is 0 Å². The Kier molecular flexibility index (Phi) is 21.0. The third kappa shape index (κ3) is 11.2. The fourth-order valence-corrected chi connectivity index (χ4v) is 17.9. The van der Waals surface area contributed by atoms with E-state index in [0.29, 0.717) is 0 Å². The van der Waals surface area contributed by atoms with Crippen LogP contribution in [0.1, 0.15) is 163 Å². The van der Waals surface area contributed by atoms with Crippen molar-refractivity contribution in [2.24, 2.45) is 5.92 Å². The van der Waals surface area contributed by atoms with Crippen LogP contribution < -0.4 is 10.6 Å². The van der Waals surface area contributed by atoms with Crippen molar-refractivity contribution in [1.82, 2.24) is 0 Å². The molecule has 2 aromatic carbocycles. The molecule has 0 bridgehead atoms. The first kappa shape index (κ1) is 45.8. The van der Waals surface area contributed by atoms with Gasteiger partial charge in [0.2, 0.25) is 0 Å². The van der Waals surface area contributed by atoms with Gasteiger partial charge in [0.1, 0.15) is 0 Å². The molecule has 4 aliphatic carbocycles. The molecule has 0 radical (unpaired) electrons. The second kappa shape index (κ2) is 22.0. The number of rotatable bonds is 7.